The van der Waals surface area contributed by atoms with Crippen LogP contribution in [0, 0.1) is 11.8 Å². The fraction of sp³-hybridized carbons (Fsp3) is 1.00. The summed E-state index contributed by atoms with van der Waals surface area (Å²) in [6, 6.07) is 2.39. The van der Waals surface area contributed by atoms with Gasteiger partial charge >= 0.3 is 0 Å². The average molecular weight is 293 g/mol. The van der Waals surface area contributed by atoms with Crippen molar-refractivity contribution in [1.82, 2.24) is 10.6 Å². The predicted molar refractivity (Wildman–Crippen MR) is 90.6 cm³/mol. The number of nitrogens with one attached hydrogen (secondary N) is 2. The molecule has 2 saturated carbocycles. The van der Waals surface area contributed by atoms with E-state index >= 15 is 0 Å². The molecule has 0 aromatic heterocycles. The quantitative estimate of drug-likeness (QED) is 0.760. The van der Waals surface area contributed by atoms with Crippen LogP contribution in [0.4, 0.5) is 0 Å². The van der Waals surface area contributed by atoms with Crippen molar-refractivity contribution in [3.05, 3.63) is 0 Å². The van der Waals surface area contributed by atoms with Crippen LogP contribution in [0.5, 0.6) is 0 Å². The molecule has 2 aliphatic carbocycles. The van der Waals surface area contributed by atoms with Crippen LogP contribution < -0.4 is 10.6 Å². The van der Waals surface area contributed by atoms with Crippen molar-refractivity contribution in [1.29, 1.82) is 0 Å². The average Bonchev–Trinajstić information content (AvgIpc) is 2.74. The molecule has 0 radical (unpaired) electrons. The summed E-state index contributed by atoms with van der Waals surface area (Å²) in [5.74, 6) is 1.78. The Morgan fingerprint density at radius 2 is 1.43 bits per heavy atom. The Balaban J connectivity index is 1.60. The molecule has 2 N–H and O–H groups in total. The van der Waals surface area contributed by atoms with E-state index in [1.54, 1.807) is 0 Å². The van der Waals surface area contributed by atoms with Gasteiger partial charge in [-0.05, 0) is 56.9 Å². The van der Waals surface area contributed by atoms with E-state index in [-0.39, 0.29) is 0 Å². The topological polar surface area (TPSA) is 24.1 Å². The molecule has 122 valence electrons. The highest BCUT2D eigenvalue weighted by atomic mass is 15.0. The van der Waals surface area contributed by atoms with Crippen molar-refractivity contribution in [2.75, 3.05) is 6.54 Å². The molecule has 1 aliphatic heterocycles. The first-order valence-corrected chi connectivity index (χ1v) is 9.84. The van der Waals surface area contributed by atoms with Gasteiger partial charge < -0.3 is 10.6 Å². The first-order valence-electron chi connectivity index (χ1n) is 9.84. The van der Waals surface area contributed by atoms with Crippen LogP contribution in [0.3, 0.4) is 0 Å². The molecule has 21 heavy (non-hydrogen) atoms. The minimum atomic E-state index is 0.792. The predicted octanol–water partition coefficient (Wildman–Crippen LogP) is 4.25. The van der Waals surface area contributed by atoms with Crippen molar-refractivity contribution in [2.45, 2.75) is 102 Å². The molecule has 2 nitrogen and oxygen atoms in total. The lowest BCUT2D eigenvalue weighted by atomic mass is 9.76. The molecule has 0 aromatic carbocycles. The van der Waals surface area contributed by atoms with Crippen LogP contribution in [0.15, 0.2) is 0 Å². The standard InChI is InChI=1S/C19H36N2/c1-15-9-3-2-4-11-17(15)21-19-13-6-5-10-16(19)18-12-7-8-14-20-18/h15-21H,2-14H2,1H3. The highest BCUT2D eigenvalue weighted by Crippen LogP contribution is 2.32. The summed E-state index contributed by atoms with van der Waals surface area (Å²) in [6.45, 7) is 3.74. The van der Waals surface area contributed by atoms with Crippen LogP contribution in [-0.2, 0) is 0 Å². The van der Waals surface area contributed by atoms with E-state index in [1.165, 1.54) is 83.6 Å². The highest BCUT2D eigenvalue weighted by Gasteiger charge is 2.34. The zero-order valence-corrected chi connectivity index (χ0v) is 14.1. The molecule has 1 heterocycles. The van der Waals surface area contributed by atoms with Crippen LogP contribution in [-0.4, -0.2) is 24.7 Å². The first kappa shape index (κ1) is 15.8. The van der Waals surface area contributed by atoms with E-state index in [2.05, 4.69) is 17.6 Å². The molecule has 2 heteroatoms. The van der Waals surface area contributed by atoms with Crippen molar-refractivity contribution in [3.63, 3.8) is 0 Å². The summed E-state index contributed by atoms with van der Waals surface area (Å²) in [7, 11) is 0. The van der Waals surface area contributed by atoms with E-state index in [0.29, 0.717) is 0 Å². The number of rotatable bonds is 3. The van der Waals surface area contributed by atoms with Gasteiger partial charge in [0.15, 0.2) is 0 Å². The summed E-state index contributed by atoms with van der Waals surface area (Å²) in [6.07, 6.45) is 17.3. The molecule has 5 unspecified atom stereocenters. The fourth-order valence-electron chi connectivity index (χ4n) is 5.11. The number of hydrogen-bond donors (Lipinski definition) is 2. The summed E-state index contributed by atoms with van der Waals surface area (Å²) < 4.78 is 0. The first-order chi connectivity index (χ1) is 10.3. The Hall–Kier alpha value is -0.0800. The van der Waals surface area contributed by atoms with E-state index in [9.17, 15) is 0 Å². The molecule has 0 amide bonds. The zero-order chi connectivity index (χ0) is 14.5. The Labute approximate surface area is 131 Å². The van der Waals surface area contributed by atoms with Crippen LogP contribution in [0.25, 0.3) is 0 Å². The van der Waals surface area contributed by atoms with Gasteiger partial charge in [-0.15, -0.1) is 0 Å². The van der Waals surface area contributed by atoms with E-state index in [0.717, 1.165) is 30.0 Å². The molecule has 1 saturated heterocycles. The normalized spacial score (nSPS) is 42.4. The van der Waals surface area contributed by atoms with Crippen LogP contribution >= 0.6 is 0 Å². The molecule has 3 aliphatic rings. The van der Waals surface area contributed by atoms with E-state index < -0.39 is 0 Å². The molecule has 0 spiro atoms. The molecular weight excluding hydrogens is 256 g/mol. The maximum atomic E-state index is 4.15. The van der Waals surface area contributed by atoms with Crippen LogP contribution in [0.1, 0.15) is 84.0 Å². The van der Waals surface area contributed by atoms with Gasteiger partial charge in [0, 0.05) is 18.1 Å². The smallest absolute Gasteiger partial charge is 0.0113 e. The molecule has 5 atom stereocenters. The van der Waals surface area contributed by atoms with Crippen molar-refractivity contribution in [3.8, 4) is 0 Å². The van der Waals surface area contributed by atoms with E-state index in [4.69, 9.17) is 0 Å². The third-order valence-electron chi connectivity index (χ3n) is 6.47. The maximum Gasteiger partial charge on any atom is 0.0113 e. The van der Waals surface area contributed by atoms with Crippen LogP contribution in [0.2, 0.25) is 0 Å². The van der Waals surface area contributed by atoms with Gasteiger partial charge in [-0.3, -0.25) is 0 Å². The maximum absolute atomic E-state index is 4.15. The van der Waals surface area contributed by atoms with Gasteiger partial charge in [-0.1, -0.05) is 45.4 Å². The molecule has 0 bridgehead atoms. The Kier molecular flexibility index (Phi) is 5.99. The third-order valence-corrected chi connectivity index (χ3v) is 6.47. The second-order valence-electron chi connectivity index (χ2n) is 8.00. The Morgan fingerprint density at radius 3 is 2.29 bits per heavy atom. The van der Waals surface area contributed by atoms with Gasteiger partial charge in [-0.2, -0.15) is 0 Å². The summed E-state index contributed by atoms with van der Waals surface area (Å²) in [5.41, 5.74) is 0. The second kappa shape index (κ2) is 7.97. The van der Waals surface area contributed by atoms with Gasteiger partial charge in [0.05, 0.1) is 0 Å². The molecule has 3 fully saturated rings. The van der Waals surface area contributed by atoms with Crippen molar-refractivity contribution < 1.29 is 0 Å². The van der Waals surface area contributed by atoms with Crippen molar-refractivity contribution in [2.24, 2.45) is 11.8 Å². The molecular formula is C19H36N2. The van der Waals surface area contributed by atoms with Gasteiger partial charge in [-0.25, -0.2) is 0 Å². The zero-order valence-electron chi connectivity index (χ0n) is 14.1. The second-order valence-corrected chi connectivity index (χ2v) is 8.00. The number of piperidine rings is 1. The Bertz CT molecular complexity index is 298. The lowest BCUT2D eigenvalue weighted by Crippen LogP contribution is -2.53. The van der Waals surface area contributed by atoms with Gasteiger partial charge in [0.25, 0.3) is 0 Å². The minimum Gasteiger partial charge on any atom is -0.314 e. The number of hydrogen-bond acceptors (Lipinski definition) is 2. The summed E-state index contributed by atoms with van der Waals surface area (Å²) in [5, 5.41) is 7.99. The largest absolute Gasteiger partial charge is 0.314 e. The monoisotopic (exact) mass is 292 g/mol. The third kappa shape index (κ3) is 4.22. The molecule has 0 aromatic rings. The SMILES string of the molecule is CC1CCCCCC1NC1CCCCC1C1CCCCN1. The highest BCUT2D eigenvalue weighted by molar-refractivity contribution is 4.93. The fourth-order valence-corrected chi connectivity index (χ4v) is 5.11. The minimum absolute atomic E-state index is 0.792. The lowest BCUT2D eigenvalue weighted by Gasteiger charge is -2.42. The summed E-state index contributed by atoms with van der Waals surface area (Å²) >= 11 is 0. The Morgan fingerprint density at radius 1 is 0.714 bits per heavy atom. The van der Waals surface area contributed by atoms with Gasteiger partial charge in [0.1, 0.15) is 0 Å². The van der Waals surface area contributed by atoms with Gasteiger partial charge in [0.2, 0.25) is 0 Å². The summed E-state index contributed by atoms with van der Waals surface area (Å²) in [4.78, 5) is 0. The lowest BCUT2D eigenvalue weighted by molar-refractivity contribution is 0.159. The molecule has 3 rings (SSSR count). The van der Waals surface area contributed by atoms with Crippen molar-refractivity contribution >= 4 is 0 Å². The van der Waals surface area contributed by atoms with E-state index in [1.807, 2.05) is 0 Å².